The van der Waals surface area contributed by atoms with Gasteiger partial charge in [-0.05, 0) is 56.6 Å². The van der Waals surface area contributed by atoms with Crippen molar-refractivity contribution < 1.29 is 4.74 Å². The molecule has 8 heteroatoms. The molecule has 3 aromatic rings. The quantitative estimate of drug-likeness (QED) is 0.551. The summed E-state index contributed by atoms with van der Waals surface area (Å²) in [5, 5.41) is 4.86. The van der Waals surface area contributed by atoms with Gasteiger partial charge in [-0.25, -0.2) is 0 Å². The number of aromatic nitrogens is 2. The van der Waals surface area contributed by atoms with Gasteiger partial charge < -0.3 is 19.5 Å². The van der Waals surface area contributed by atoms with E-state index in [2.05, 4.69) is 22.1 Å². The number of piperidine rings is 1. The maximum atomic E-state index is 12.5. The molecule has 1 aliphatic heterocycles. The highest BCUT2D eigenvalue weighted by Crippen LogP contribution is 2.25. The van der Waals surface area contributed by atoms with Crippen molar-refractivity contribution in [1.29, 1.82) is 0 Å². The lowest BCUT2D eigenvalue weighted by Gasteiger charge is -2.40. The van der Waals surface area contributed by atoms with Crippen molar-refractivity contribution in [2.24, 2.45) is 0 Å². The van der Waals surface area contributed by atoms with Crippen molar-refractivity contribution in [1.82, 2.24) is 19.8 Å². The Bertz CT molecular complexity index is 1160. The van der Waals surface area contributed by atoms with Crippen LogP contribution in [0.1, 0.15) is 25.3 Å². The summed E-state index contributed by atoms with van der Waals surface area (Å²) in [7, 11) is 1.61. The van der Waals surface area contributed by atoms with Crippen molar-refractivity contribution >= 4 is 34.2 Å². The van der Waals surface area contributed by atoms with Crippen LogP contribution in [-0.2, 0) is 13.1 Å². The molecule has 6 nitrogen and oxygen atoms in total. The third-order valence-corrected chi connectivity index (χ3v) is 7.09. The van der Waals surface area contributed by atoms with Gasteiger partial charge in [-0.3, -0.25) is 9.78 Å². The van der Waals surface area contributed by atoms with E-state index in [0.29, 0.717) is 22.3 Å². The summed E-state index contributed by atoms with van der Waals surface area (Å²) < 4.78 is 7.09. The number of fused-ring (bicyclic) bond motifs is 1. The minimum Gasteiger partial charge on any atom is -0.495 e. The Kier molecular flexibility index (Phi) is 7.05. The largest absolute Gasteiger partial charge is 0.495 e. The first-order chi connectivity index (χ1) is 15.4. The van der Waals surface area contributed by atoms with Crippen LogP contribution in [0, 0.1) is 0 Å². The van der Waals surface area contributed by atoms with Crippen LogP contribution in [0.4, 0.5) is 0 Å². The van der Waals surface area contributed by atoms with E-state index in [1.165, 1.54) is 0 Å². The Morgan fingerprint density at radius 1 is 1.09 bits per heavy atom. The maximum absolute atomic E-state index is 12.5. The van der Waals surface area contributed by atoms with E-state index in [-0.39, 0.29) is 11.1 Å². The molecule has 0 bridgehead atoms. The van der Waals surface area contributed by atoms with Gasteiger partial charge in [0.25, 0.3) is 5.56 Å². The third kappa shape index (κ3) is 5.26. The average molecular weight is 475 g/mol. The Hall–Kier alpha value is -2.12. The first kappa shape index (κ1) is 23.1. The van der Waals surface area contributed by atoms with Crippen LogP contribution in [-0.4, -0.2) is 46.7 Å². The summed E-state index contributed by atoms with van der Waals surface area (Å²) in [5.74, 6) is 0.652. The zero-order chi connectivity index (χ0) is 22.7. The lowest BCUT2D eigenvalue weighted by molar-refractivity contribution is 0.141. The van der Waals surface area contributed by atoms with E-state index in [0.717, 1.165) is 55.6 Å². The van der Waals surface area contributed by atoms with Crippen LogP contribution in [0.5, 0.6) is 5.75 Å². The SMILES string of the molecule is COc1cnc2ccc(=O)n(CCN3CCC(C)(NCc4ccc(Cl)c(Cl)c4)CC3)c2c1. The second-order valence-corrected chi connectivity index (χ2v) is 9.42. The molecule has 0 saturated carbocycles. The molecule has 0 atom stereocenters. The molecule has 170 valence electrons. The summed E-state index contributed by atoms with van der Waals surface area (Å²) in [6.07, 6.45) is 3.75. The molecule has 0 amide bonds. The number of pyridine rings is 2. The summed E-state index contributed by atoms with van der Waals surface area (Å²) in [4.78, 5) is 19.3. The fraction of sp³-hybridized carbons (Fsp3) is 0.417. The molecule has 32 heavy (non-hydrogen) atoms. The number of hydrogen-bond acceptors (Lipinski definition) is 5. The van der Waals surface area contributed by atoms with Crippen LogP contribution in [0.15, 0.2) is 47.4 Å². The standard InChI is InChI=1S/C24H28Cl2N4O2/c1-24(28-15-17-3-4-19(25)20(26)13-17)7-9-29(10-8-24)11-12-30-22-14-18(32-2)16-27-21(22)5-6-23(30)31/h3-6,13-14,16,28H,7-12,15H2,1-2H3. The van der Waals surface area contributed by atoms with Crippen LogP contribution < -0.4 is 15.6 Å². The smallest absolute Gasteiger partial charge is 0.251 e. The lowest BCUT2D eigenvalue weighted by Crippen LogP contribution is -2.51. The second-order valence-electron chi connectivity index (χ2n) is 8.61. The highest BCUT2D eigenvalue weighted by Gasteiger charge is 2.29. The molecular formula is C24H28Cl2N4O2. The molecule has 1 N–H and O–H groups in total. The summed E-state index contributed by atoms with van der Waals surface area (Å²) in [6, 6.07) is 11.0. The predicted octanol–water partition coefficient (Wildman–Crippen LogP) is 4.36. The predicted molar refractivity (Wildman–Crippen MR) is 130 cm³/mol. The molecule has 0 spiro atoms. The molecule has 0 unspecified atom stereocenters. The fourth-order valence-electron chi connectivity index (χ4n) is 4.14. The van der Waals surface area contributed by atoms with E-state index in [4.69, 9.17) is 27.9 Å². The first-order valence-electron chi connectivity index (χ1n) is 10.8. The Labute approximate surface area is 198 Å². The first-order valence-corrected chi connectivity index (χ1v) is 11.6. The highest BCUT2D eigenvalue weighted by molar-refractivity contribution is 6.42. The van der Waals surface area contributed by atoms with E-state index in [1.54, 1.807) is 30.0 Å². The molecular weight excluding hydrogens is 447 g/mol. The Balaban J connectivity index is 1.35. The Morgan fingerprint density at radius 3 is 2.59 bits per heavy atom. The lowest BCUT2D eigenvalue weighted by atomic mass is 9.89. The van der Waals surface area contributed by atoms with Crippen LogP contribution in [0.25, 0.3) is 11.0 Å². The molecule has 2 aromatic heterocycles. The van der Waals surface area contributed by atoms with Crippen molar-refractivity contribution in [3.63, 3.8) is 0 Å². The molecule has 1 aliphatic rings. The average Bonchev–Trinajstić information content (AvgIpc) is 2.80. The summed E-state index contributed by atoms with van der Waals surface area (Å²) >= 11 is 12.2. The number of likely N-dealkylation sites (tertiary alicyclic amines) is 1. The number of halogens is 2. The van der Waals surface area contributed by atoms with Crippen molar-refractivity contribution in [2.45, 2.75) is 38.4 Å². The van der Waals surface area contributed by atoms with Gasteiger partial charge in [0, 0.05) is 37.3 Å². The van der Waals surface area contributed by atoms with Gasteiger partial charge in [0.2, 0.25) is 0 Å². The van der Waals surface area contributed by atoms with Gasteiger partial charge in [-0.2, -0.15) is 0 Å². The minimum atomic E-state index is -0.0160. The number of nitrogens with one attached hydrogen (secondary N) is 1. The number of methoxy groups -OCH3 is 1. The minimum absolute atomic E-state index is 0.0160. The maximum Gasteiger partial charge on any atom is 0.251 e. The van der Waals surface area contributed by atoms with Gasteiger partial charge in [0.15, 0.2) is 0 Å². The summed E-state index contributed by atoms with van der Waals surface area (Å²) in [5.41, 5.74) is 2.78. The summed E-state index contributed by atoms with van der Waals surface area (Å²) in [6.45, 7) is 6.43. The van der Waals surface area contributed by atoms with Gasteiger partial charge in [-0.15, -0.1) is 0 Å². The Morgan fingerprint density at radius 2 is 1.88 bits per heavy atom. The molecule has 0 aliphatic carbocycles. The van der Waals surface area contributed by atoms with E-state index < -0.39 is 0 Å². The molecule has 3 heterocycles. The number of hydrogen-bond donors (Lipinski definition) is 1. The van der Waals surface area contributed by atoms with E-state index in [9.17, 15) is 4.79 Å². The molecule has 1 aromatic carbocycles. The van der Waals surface area contributed by atoms with Crippen molar-refractivity contribution in [2.75, 3.05) is 26.7 Å². The van der Waals surface area contributed by atoms with Crippen molar-refractivity contribution in [3.05, 3.63) is 68.6 Å². The third-order valence-electron chi connectivity index (χ3n) is 6.35. The van der Waals surface area contributed by atoms with Gasteiger partial charge in [0.05, 0.1) is 34.4 Å². The zero-order valence-electron chi connectivity index (χ0n) is 18.4. The number of benzene rings is 1. The number of nitrogens with zero attached hydrogens (tertiary/aromatic N) is 3. The van der Waals surface area contributed by atoms with Crippen LogP contribution >= 0.6 is 23.2 Å². The van der Waals surface area contributed by atoms with E-state index >= 15 is 0 Å². The van der Waals surface area contributed by atoms with Gasteiger partial charge in [-0.1, -0.05) is 29.3 Å². The highest BCUT2D eigenvalue weighted by atomic mass is 35.5. The molecule has 4 rings (SSSR count). The van der Waals surface area contributed by atoms with Crippen LogP contribution in [0.3, 0.4) is 0 Å². The topological polar surface area (TPSA) is 59.4 Å². The van der Waals surface area contributed by atoms with Gasteiger partial charge in [0.1, 0.15) is 5.75 Å². The molecule has 1 fully saturated rings. The van der Waals surface area contributed by atoms with Gasteiger partial charge >= 0.3 is 0 Å². The van der Waals surface area contributed by atoms with Crippen molar-refractivity contribution in [3.8, 4) is 5.75 Å². The number of rotatable bonds is 7. The number of ether oxygens (including phenoxy) is 1. The monoisotopic (exact) mass is 474 g/mol. The molecule has 0 radical (unpaired) electrons. The molecule has 1 saturated heterocycles. The van der Waals surface area contributed by atoms with E-state index in [1.807, 2.05) is 24.3 Å². The normalized spacial score (nSPS) is 16.4. The fourth-order valence-corrected chi connectivity index (χ4v) is 4.47. The van der Waals surface area contributed by atoms with Crippen LogP contribution in [0.2, 0.25) is 10.0 Å². The second kappa shape index (κ2) is 9.79. The zero-order valence-corrected chi connectivity index (χ0v) is 19.9.